The molecule has 0 aromatic carbocycles. The molecule has 0 unspecified atom stereocenters. The van der Waals surface area contributed by atoms with Crippen LogP contribution < -0.4 is 0 Å². The highest BCUT2D eigenvalue weighted by atomic mass is 15.1. The standard InChI is InChI=1S/C10H19N/c1-7-8(2)9(3)10(4)11(5)6/h2,7H2,1,3-6H3. The number of hydrogen-bond acceptors (Lipinski definition) is 1. The van der Waals surface area contributed by atoms with E-state index in [0.29, 0.717) is 0 Å². The first kappa shape index (κ1) is 10.3. The van der Waals surface area contributed by atoms with Gasteiger partial charge in [-0.3, -0.25) is 0 Å². The van der Waals surface area contributed by atoms with Crippen LogP contribution in [-0.4, -0.2) is 19.0 Å². The molecular weight excluding hydrogens is 134 g/mol. The average Bonchev–Trinajstić information content (AvgIpc) is 2.00. The van der Waals surface area contributed by atoms with Crippen LogP contribution in [0.25, 0.3) is 0 Å². The molecule has 0 aromatic heterocycles. The minimum Gasteiger partial charge on any atom is -0.381 e. The quantitative estimate of drug-likeness (QED) is 0.563. The van der Waals surface area contributed by atoms with Crippen molar-refractivity contribution in [2.75, 3.05) is 14.1 Å². The Morgan fingerprint density at radius 3 is 2.00 bits per heavy atom. The highest BCUT2D eigenvalue weighted by Crippen LogP contribution is 2.16. The predicted octanol–water partition coefficient (Wildman–Crippen LogP) is 2.81. The van der Waals surface area contributed by atoms with Crippen molar-refractivity contribution < 1.29 is 0 Å². The number of allylic oxidation sites excluding steroid dienone is 3. The molecule has 64 valence electrons. The topological polar surface area (TPSA) is 3.24 Å². The molecular formula is C10H19N. The van der Waals surface area contributed by atoms with Gasteiger partial charge in [-0.05, 0) is 25.8 Å². The van der Waals surface area contributed by atoms with Gasteiger partial charge in [0.25, 0.3) is 0 Å². The Morgan fingerprint density at radius 1 is 1.27 bits per heavy atom. The molecule has 0 N–H and O–H groups in total. The zero-order valence-electron chi connectivity index (χ0n) is 8.36. The van der Waals surface area contributed by atoms with E-state index in [0.717, 1.165) is 6.42 Å². The maximum Gasteiger partial charge on any atom is 0.0128 e. The number of hydrogen-bond donors (Lipinski definition) is 0. The van der Waals surface area contributed by atoms with Crippen LogP contribution in [-0.2, 0) is 0 Å². The van der Waals surface area contributed by atoms with Gasteiger partial charge in [-0.15, -0.1) is 0 Å². The van der Waals surface area contributed by atoms with Crippen molar-refractivity contribution in [1.29, 1.82) is 0 Å². The molecule has 0 bridgehead atoms. The highest BCUT2D eigenvalue weighted by Gasteiger charge is 2.00. The predicted molar refractivity (Wildman–Crippen MR) is 51.5 cm³/mol. The third-order valence-corrected chi connectivity index (χ3v) is 2.17. The van der Waals surface area contributed by atoms with Crippen molar-refractivity contribution in [2.24, 2.45) is 0 Å². The molecule has 0 aliphatic carbocycles. The lowest BCUT2D eigenvalue weighted by atomic mass is 10.1. The first-order chi connectivity index (χ1) is 5.00. The third-order valence-electron chi connectivity index (χ3n) is 2.17. The summed E-state index contributed by atoms with van der Waals surface area (Å²) in [6.45, 7) is 10.4. The summed E-state index contributed by atoms with van der Waals surface area (Å²) in [6, 6.07) is 0. The Hall–Kier alpha value is -0.720. The van der Waals surface area contributed by atoms with Crippen LogP contribution >= 0.6 is 0 Å². The molecule has 0 atom stereocenters. The lowest BCUT2D eigenvalue weighted by Crippen LogP contribution is -2.10. The summed E-state index contributed by atoms with van der Waals surface area (Å²) in [5, 5.41) is 0. The Labute approximate surface area is 70.4 Å². The fourth-order valence-corrected chi connectivity index (χ4v) is 0.856. The lowest BCUT2D eigenvalue weighted by molar-refractivity contribution is 0.507. The SMILES string of the molecule is C=C(CC)C(C)=C(C)N(C)C. The summed E-state index contributed by atoms with van der Waals surface area (Å²) >= 11 is 0. The molecule has 0 heterocycles. The molecule has 0 rings (SSSR count). The largest absolute Gasteiger partial charge is 0.381 e. The molecule has 0 radical (unpaired) electrons. The molecule has 0 saturated heterocycles. The minimum atomic E-state index is 1.04. The van der Waals surface area contributed by atoms with E-state index in [1.807, 2.05) is 0 Å². The van der Waals surface area contributed by atoms with Gasteiger partial charge in [0.1, 0.15) is 0 Å². The van der Waals surface area contributed by atoms with Crippen molar-refractivity contribution in [3.05, 3.63) is 23.4 Å². The summed E-state index contributed by atoms with van der Waals surface area (Å²) in [6.07, 6.45) is 1.04. The van der Waals surface area contributed by atoms with Gasteiger partial charge in [-0.2, -0.15) is 0 Å². The minimum absolute atomic E-state index is 1.04. The van der Waals surface area contributed by atoms with Crippen LogP contribution in [0.1, 0.15) is 27.2 Å². The lowest BCUT2D eigenvalue weighted by Gasteiger charge is -2.17. The summed E-state index contributed by atoms with van der Waals surface area (Å²) in [5.41, 5.74) is 3.85. The Bertz CT molecular complexity index is 175. The van der Waals surface area contributed by atoms with Crippen molar-refractivity contribution >= 4 is 0 Å². The zero-order chi connectivity index (χ0) is 9.02. The molecule has 0 aliphatic rings. The van der Waals surface area contributed by atoms with Crippen LogP contribution in [0.3, 0.4) is 0 Å². The zero-order valence-corrected chi connectivity index (χ0v) is 8.36. The molecule has 0 spiro atoms. The molecule has 1 heteroatoms. The second-order valence-electron chi connectivity index (χ2n) is 3.06. The average molecular weight is 153 g/mol. The Balaban J connectivity index is 4.52. The smallest absolute Gasteiger partial charge is 0.0128 e. The summed E-state index contributed by atoms with van der Waals surface area (Å²) in [7, 11) is 4.11. The highest BCUT2D eigenvalue weighted by molar-refractivity contribution is 5.29. The van der Waals surface area contributed by atoms with Gasteiger partial charge in [0.05, 0.1) is 0 Å². The fourth-order valence-electron chi connectivity index (χ4n) is 0.856. The van der Waals surface area contributed by atoms with E-state index < -0.39 is 0 Å². The van der Waals surface area contributed by atoms with Gasteiger partial charge < -0.3 is 4.90 Å². The van der Waals surface area contributed by atoms with Gasteiger partial charge in [0, 0.05) is 19.8 Å². The number of nitrogens with zero attached hydrogens (tertiary/aromatic N) is 1. The first-order valence-electron chi connectivity index (χ1n) is 4.03. The van der Waals surface area contributed by atoms with Crippen LogP contribution in [0.15, 0.2) is 23.4 Å². The molecule has 0 aromatic rings. The van der Waals surface area contributed by atoms with Crippen LogP contribution in [0.2, 0.25) is 0 Å². The monoisotopic (exact) mass is 153 g/mol. The van der Waals surface area contributed by atoms with E-state index in [4.69, 9.17) is 0 Å². The van der Waals surface area contributed by atoms with E-state index in [9.17, 15) is 0 Å². The van der Waals surface area contributed by atoms with E-state index in [1.54, 1.807) is 0 Å². The van der Waals surface area contributed by atoms with Crippen LogP contribution in [0.4, 0.5) is 0 Å². The van der Waals surface area contributed by atoms with Gasteiger partial charge in [0.2, 0.25) is 0 Å². The second-order valence-corrected chi connectivity index (χ2v) is 3.06. The van der Waals surface area contributed by atoms with Crippen LogP contribution in [0.5, 0.6) is 0 Å². The van der Waals surface area contributed by atoms with Gasteiger partial charge in [-0.1, -0.05) is 19.1 Å². The van der Waals surface area contributed by atoms with Gasteiger partial charge in [0.15, 0.2) is 0 Å². The molecule has 11 heavy (non-hydrogen) atoms. The van der Waals surface area contributed by atoms with Gasteiger partial charge >= 0.3 is 0 Å². The van der Waals surface area contributed by atoms with E-state index in [2.05, 4.69) is 46.3 Å². The Morgan fingerprint density at radius 2 is 1.73 bits per heavy atom. The fraction of sp³-hybridized carbons (Fsp3) is 0.600. The molecule has 0 saturated carbocycles. The maximum atomic E-state index is 3.99. The van der Waals surface area contributed by atoms with Crippen molar-refractivity contribution in [3.63, 3.8) is 0 Å². The molecule has 1 nitrogen and oxygen atoms in total. The van der Waals surface area contributed by atoms with E-state index in [1.165, 1.54) is 16.8 Å². The summed E-state index contributed by atoms with van der Waals surface area (Å²) < 4.78 is 0. The molecule has 0 aliphatic heterocycles. The van der Waals surface area contributed by atoms with Crippen molar-refractivity contribution in [3.8, 4) is 0 Å². The van der Waals surface area contributed by atoms with Gasteiger partial charge in [-0.25, -0.2) is 0 Å². The molecule has 0 fully saturated rings. The van der Waals surface area contributed by atoms with Crippen molar-refractivity contribution in [1.82, 2.24) is 4.90 Å². The second kappa shape index (κ2) is 4.22. The van der Waals surface area contributed by atoms with Crippen LogP contribution in [0, 0.1) is 0 Å². The third kappa shape index (κ3) is 2.79. The number of rotatable bonds is 3. The summed E-state index contributed by atoms with van der Waals surface area (Å²) in [4.78, 5) is 2.12. The first-order valence-corrected chi connectivity index (χ1v) is 4.03. The molecule has 0 amide bonds. The van der Waals surface area contributed by atoms with E-state index >= 15 is 0 Å². The maximum absolute atomic E-state index is 3.99. The summed E-state index contributed by atoms with van der Waals surface area (Å²) in [5.74, 6) is 0. The Kier molecular flexibility index (Phi) is 3.94. The van der Waals surface area contributed by atoms with Crippen molar-refractivity contribution in [2.45, 2.75) is 27.2 Å². The normalized spacial score (nSPS) is 12.5. The van der Waals surface area contributed by atoms with E-state index in [-0.39, 0.29) is 0 Å².